The number of hydrogen-bond donors (Lipinski definition) is 2. The largest absolute Gasteiger partial charge is 0.357 e. The standard InChI is InChI=1S/C18H34N4O2S2/c1-6-19-18(21-15(4)10-12-26(5,23)24)20-13-17(22(7-2)8-3)16-9-11-25-14-16/h9,11,14-15,17H,6-8,10,12-13H2,1-5H3,(H2,19,20,21). The van der Waals surface area contributed by atoms with Crippen molar-refractivity contribution in [3.05, 3.63) is 22.4 Å². The molecule has 1 rings (SSSR count). The predicted octanol–water partition coefficient (Wildman–Crippen LogP) is 2.51. The summed E-state index contributed by atoms with van der Waals surface area (Å²) in [5, 5.41) is 10.9. The minimum Gasteiger partial charge on any atom is -0.357 e. The maximum Gasteiger partial charge on any atom is 0.191 e. The second-order valence-electron chi connectivity index (χ2n) is 6.48. The number of nitrogens with zero attached hydrogens (tertiary/aromatic N) is 2. The number of likely N-dealkylation sites (N-methyl/N-ethyl adjacent to an activating group) is 1. The third kappa shape index (κ3) is 8.51. The van der Waals surface area contributed by atoms with E-state index < -0.39 is 9.84 Å². The quantitative estimate of drug-likeness (QED) is 0.439. The Hall–Kier alpha value is -1.12. The van der Waals surface area contributed by atoms with Crippen molar-refractivity contribution in [2.45, 2.75) is 46.2 Å². The van der Waals surface area contributed by atoms with Gasteiger partial charge in [0.15, 0.2) is 5.96 Å². The summed E-state index contributed by atoms with van der Waals surface area (Å²) in [7, 11) is -2.95. The first-order valence-electron chi connectivity index (χ1n) is 9.29. The highest BCUT2D eigenvalue weighted by Crippen LogP contribution is 2.23. The van der Waals surface area contributed by atoms with E-state index >= 15 is 0 Å². The zero-order chi connectivity index (χ0) is 19.6. The molecule has 0 aliphatic rings. The molecule has 2 N–H and O–H groups in total. The molecule has 150 valence electrons. The number of thiophene rings is 1. The van der Waals surface area contributed by atoms with Gasteiger partial charge in [0.1, 0.15) is 9.84 Å². The zero-order valence-corrected chi connectivity index (χ0v) is 18.3. The minimum atomic E-state index is -2.95. The molecular formula is C18H34N4O2S2. The monoisotopic (exact) mass is 402 g/mol. The molecule has 0 saturated heterocycles. The Labute approximate surface area is 163 Å². The highest BCUT2D eigenvalue weighted by molar-refractivity contribution is 7.90. The van der Waals surface area contributed by atoms with Crippen LogP contribution in [0.1, 0.15) is 45.7 Å². The van der Waals surface area contributed by atoms with Crippen LogP contribution >= 0.6 is 11.3 Å². The van der Waals surface area contributed by atoms with E-state index in [0.29, 0.717) is 13.0 Å². The molecule has 26 heavy (non-hydrogen) atoms. The molecule has 0 spiro atoms. The highest BCUT2D eigenvalue weighted by atomic mass is 32.2. The molecule has 1 aromatic rings. The Bertz CT molecular complexity index is 626. The lowest BCUT2D eigenvalue weighted by Crippen LogP contribution is -2.43. The minimum absolute atomic E-state index is 0.0376. The van der Waals surface area contributed by atoms with E-state index in [0.717, 1.165) is 25.6 Å². The van der Waals surface area contributed by atoms with Gasteiger partial charge in [-0.3, -0.25) is 9.89 Å². The van der Waals surface area contributed by atoms with Gasteiger partial charge in [-0.2, -0.15) is 11.3 Å². The van der Waals surface area contributed by atoms with Crippen LogP contribution < -0.4 is 10.6 Å². The molecule has 1 heterocycles. The first-order chi connectivity index (χ1) is 12.3. The summed E-state index contributed by atoms with van der Waals surface area (Å²) in [5.41, 5.74) is 1.29. The maximum atomic E-state index is 11.4. The van der Waals surface area contributed by atoms with Gasteiger partial charge in [-0.15, -0.1) is 0 Å². The summed E-state index contributed by atoms with van der Waals surface area (Å²) >= 11 is 1.71. The number of sulfone groups is 1. The van der Waals surface area contributed by atoms with Crippen LogP contribution in [-0.4, -0.2) is 63.5 Å². The maximum absolute atomic E-state index is 11.4. The van der Waals surface area contributed by atoms with Gasteiger partial charge in [-0.1, -0.05) is 13.8 Å². The molecular weight excluding hydrogens is 368 g/mol. The third-order valence-electron chi connectivity index (χ3n) is 4.25. The van der Waals surface area contributed by atoms with Crippen molar-refractivity contribution in [3.8, 4) is 0 Å². The van der Waals surface area contributed by atoms with Crippen molar-refractivity contribution in [1.82, 2.24) is 15.5 Å². The Morgan fingerprint density at radius 1 is 1.31 bits per heavy atom. The molecule has 6 nitrogen and oxygen atoms in total. The fourth-order valence-corrected chi connectivity index (χ4v) is 4.24. The second-order valence-corrected chi connectivity index (χ2v) is 9.52. The van der Waals surface area contributed by atoms with E-state index in [2.05, 4.69) is 46.2 Å². The molecule has 2 unspecified atom stereocenters. The Kier molecular flexibility index (Phi) is 10.2. The summed E-state index contributed by atoms with van der Waals surface area (Å²) in [6.07, 6.45) is 1.84. The summed E-state index contributed by atoms with van der Waals surface area (Å²) in [6, 6.07) is 2.45. The average Bonchev–Trinajstić information content (AvgIpc) is 3.10. The molecule has 0 aliphatic carbocycles. The fourth-order valence-electron chi connectivity index (χ4n) is 2.75. The van der Waals surface area contributed by atoms with E-state index in [4.69, 9.17) is 4.99 Å². The van der Waals surface area contributed by atoms with Crippen molar-refractivity contribution < 1.29 is 8.42 Å². The van der Waals surface area contributed by atoms with Crippen molar-refractivity contribution in [3.63, 3.8) is 0 Å². The molecule has 0 fully saturated rings. The van der Waals surface area contributed by atoms with Crippen molar-refractivity contribution >= 4 is 27.1 Å². The van der Waals surface area contributed by atoms with Crippen LogP contribution in [0, 0.1) is 0 Å². The summed E-state index contributed by atoms with van der Waals surface area (Å²) in [4.78, 5) is 7.18. The summed E-state index contributed by atoms with van der Waals surface area (Å²) < 4.78 is 22.7. The van der Waals surface area contributed by atoms with Gasteiger partial charge in [0, 0.05) is 18.8 Å². The van der Waals surface area contributed by atoms with Gasteiger partial charge < -0.3 is 10.6 Å². The molecule has 8 heteroatoms. The molecule has 0 saturated carbocycles. The summed E-state index contributed by atoms with van der Waals surface area (Å²) in [6.45, 7) is 11.7. The predicted molar refractivity (Wildman–Crippen MR) is 113 cm³/mol. The van der Waals surface area contributed by atoms with Gasteiger partial charge in [0.2, 0.25) is 0 Å². The first-order valence-corrected chi connectivity index (χ1v) is 12.3. The number of hydrogen-bond acceptors (Lipinski definition) is 5. The van der Waals surface area contributed by atoms with Crippen molar-refractivity contribution in [2.24, 2.45) is 4.99 Å². The van der Waals surface area contributed by atoms with E-state index in [1.165, 1.54) is 11.8 Å². The van der Waals surface area contributed by atoms with E-state index in [-0.39, 0.29) is 17.8 Å². The average molecular weight is 403 g/mol. The van der Waals surface area contributed by atoms with Crippen LogP contribution in [0.3, 0.4) is 0 Å². The lowest BCUT2D eigenvalue weighted by atomic mass is 10.1. The van der Waals surface area contributed by atoms with E-state index in [9.17, 15) is 8.42 Å². The smallest absolute Gasteiger partial charge is 0.191 e. The fraction of sp³-hybridized carbons (Fsp3) is 0.722. The van der Waals surface area contributed by atoms with Crippen molar-refractivity contribution in [1.29, 1.82) is 0 Å². The SMILES string of the molecule is CCNC(=NCC(c1ccsc1)N(CC)CC)NC(C)CCS(C)(=O)=O. The van der Waals surface area contributed by atoms with Gasteiger partial charge >= 0.3 is 0 Å². The van der Waals surface area contributed by atoms with Gasteiger partial charge in [-0.25, -0.2) is 8.42 Å². The lowest BCUT2D eigenvalue weighted by Gasteiger charge is -2.28. The Morgan fingerprint density at radius 3 is 2.50 bits per heavy atom. The molecule has 0 amide bonds. The number of aliphatic imine (C=N–C) groups is 1. The molecule has 1 aromatic heterocycles. The number of guanidine groups is 1. The third-order valence-corrected chi connectivity index (χ3v) is 5.93. The van der Waals surface area contributed by atoms with Gasteiger partial charge in [-0.05, 0) is 55.7 Å². The molecule has 0 bridgehead atoms. The lowest BCUT2D eigenvalue weighted by molar-refractivity contribution is 0.224. The van der Waals surface area contributed by atoms with E-state index in [1.54, 1.807) is 11.3 Å². The first kappa shape index (κ1) is 22.9. The van der Waals surface area contributed by atoms with Crippen LogP contribution in [0.15, 0.2) is 21.8 Å². The van der Waals surface area contributed by atoms with Crippen LogP contribution in [0.5, 0.6) is 0 Å². The van der Waals surface area contributed by atoms with Crippen LogP contribution in [0.2, 0.25) is 0 Å². The van der Waals surface area contributed by atoms with Crippen LogP contribution in [0.4, 0.5) is 0 Å². The highest BCUT2D eigenvalue weighted by Gasteiger charge is 2.18. The van der Waals surface area contributed by atoms with Crippen LogP contribution in [-0.2, 0) is 9.84 Å². The Balaban J connectivity index is 2.81. The van der Waals surface area contributed by atoms with Gasteiger partial charge in [0.25, 0.3) is 0 Å². The summed E-state index contributed by atoms with van der Waals surface area (Å²) in [5.74, 6) is 0.915. The molecule has 0 aromatic carbocycles. The number of rotatable bonds is 11. The van der Waals surface area contributed by atoms with Gasteiger partial charge in [0.05, 0.1) is 18.3 Å². The normalized spacial score (nSPS) is 15.1. The molecule has 0 radical (unpaired) electrons. The number of nitrogens with one attached hydrogen (secondary N) is 2. The topological polar surface area (TPSA) is 73.8 Å². The zero-order valence-electron chi connectivity index (χ0n) is 16.7. The Morgan fingerprint density at radius 2 is 2.00 bits per heavy atom. The molecule has 2 atom stereocenters. The van der Waals surface area contributed by atoms with E-state index in [1.807, 2.05) is 13.8 Å². The second kappa shape index (κ2) is 11.6. The van der Waals surface area contributed by atoms with Crippen molar-refractivity contribution in [2.75, 3.05) is 38.2 Å². The van der Waals surface area contributed by atoms with Crippen LogP contribution in [0.25, 0.3) is 0 Å². The molecule has 0 aliphatic heterocycles.